The van der Waals surface area contributed by atoms with Gasteiger partial charge >= 0.3 is 0 Å². The fraction of sp³-hybridized carbons (Fsp3) is 0.562. The number of hydrogen-bond donors (Lipinski definition) is 2. The molecule has 1 aliphatic rings. The number of ether oxygens (including phenoxy) is 1. The Morgan fingerprint density at radius 3 is 2.81 bits per heavy atom. The molecule has 0 aliphatic heterocycles. The highest BCUT2D eigenvalue weighted by molar-refractivity contribution is 5.85. The van der Waals surface area contributed by atoms with Crippen molar-refractivity contribution in [1.29, 1.82) is 0 Å². The molecule has 1 aromatic carbocycles. The molecule has 0 bridgehead atoms. The third-order valence-electron chi connectivity index (χ3n) is 4.03. The molecule has 3 N–H and O–H groups in total. The standard InChI is InChI=1S/C16H24N2O2.ClH/c1-11-3-4-12(9-15(11)20-2)7-8-18-16(19)13-5-6-14(17)10-13;/h3-4,9,13-14H,5-8,10,17H2,1-2H3,(H,18,19);1H. The van der Waals surface area contributed by atoms with E-state index in [1.165, 1.54) is 5.56 Å². The Balaban J connectivity index is 0.00000220. The summed E-state index contributed by atoms with van der Waals surface area (Å²) in [6.45, 7) is 2.69. The predicted molar refractivity (Wildman–Crippen MR) is 87.0 cm³/mol. The summed E-state index contributed by atoms with van der Waals surface area (Å²) in [4.78, 5) is 12.0. The van der Waals surface area contributed by atoms with Crippen LogP contribution in [0.2, 0.25) is 0 Å². The van der Waals surface area contributed by atoms with E-state index < -0.39 is 0 Å². The number of aryl methyl sites for hydroxylation is 1. The number of carbonyl (C=O) groups excluding carboxylic acids is 1. The van der Waals surface area contributed by atoms with Crippen LogP contribution in [0.15, 0.2) is 18.2 Å². The maximum absolute atomic E-state index is 12.0. The highest BCUT2D eigenvalue weighted by Gasteiger charge is 2.27. The van der Waals surface area contributed by atoms with Crippen LogP contribution in [0.1, 0.15) is 30.4 Å². The fourth-order valence-electron chi connectivity index (χ4n) is 2.75. The topological polar surface area (TPSA) is 64.3 Å². The molecule has 2 atom stereocenters. The predicted octanol–water partition coefficient (Wildman–Crippen LogP) is 2.21. The second-order valence-corrected chi connectivity index (χ2v) is 5.62. The molecule has 118 valence electrons. The third kappa shape index (κ3) is 4.90. The second-order valence-electron chi connectivity index (χ2n) is 5.62. The SMILES string of the molecule is COc1cc(CCNC(=O)C2CCC(N)C2)ccc1C.Cl. The van der Waals surface area contributed by atoms with Gasteiger partial charge in [-0.3, -0.25) is 4.79 Å². The van der Waals surface area contributed by atoms with Crippen LogP contribution in [0.25, 0.3) is 0 Å². The van der Waals surface area contributed by atoms with E-state index in [0.29, 0.717) is 6.54 Å². The van der Waals surface area contributed by atoms with Crippen LogP contribution >= 0.6 is 12.4 Å². The van der Waals surface area contributed by atoms with Crippen LogP contribution in [-0.2, 0) is 11.2 Å². The minimum absolute atomic E-state index is 0. The Hall–Kier alpha value is -1.26. The normalized spacial score (nSPS) is 20.7. The molecule has 0 saturated heterocycles. The summed E-state index contributed by atoms with van der Waals surface area (Å²) >= 11 is 0. The number of carbonyl (C=O) groups is 1. The summed E-state index contributed by atoms with van der Waals surface area (Å²) < 4.78 is 5.30. The van der Waals surface area contributed by atoms with Crippen molar-refractivity contribution in [3.8, 4) is 5.75 Å². The summed E-state index contributed by atoms with van der Waals surface area (Å²) in [6, 6.07) is 6.36. The van der Waals surface area contributed by atoms with Gasteiger partial charge in [-0.15, -0.1) is 12.4 Å². The molecule has 0 heterocycles. The van der Waals surface area contributed by atoms with E-state index in [2.05, 4.69) is 11.4 Å². The van der Waals surface area contributed by atoms with E-state index in [4.69, 9.17) is 10.5 Å². The summed E-state index contributed by atoms with van der Waals surface area (Å²) in [7, 11) is 1.68. The van der Waals surface area contributed by atoms with Crippen molar-refractivity contribution in [3.05, 3.63) is 29.3 Å². The van der Waals surface area contributed by atoms with Crippen molar-refractivity contribution in [2.75, 3.05) is 13.7 Å². The number of nitrogens with two attached hydrogens (primary N) is 1. The van der Waals surface area contributed by atoms with Crippen LogP contribution in [0.4, 0.5) is 0 Å². The van der Waals surface area contributed by atoms with Crippen molar-refractivity contribution in [2.24, 2.45) is 11.7 Å². The highest BCUT2D eigenvalue weighted by Crippen LogP contribution is 2.24. The average Bonchev–Trinajstić information content (AvgIpc) is 2.87. The van der Waals surface area contributed by atoms with Gasteiger partial charge in [-0.1, -0.05) is 12.1 Å². The first-order valence-corrected chi connectivity index (χ1v) is 7.27. The molecule has 5 heteroatoms. The molecule has 2 rings (SSSR count). The van der Waals surface area contributed by atoms with Crippen molar-refractivity contribution in [2.45, 2.75) is 38.6 Å². The molecule has 1 amide bonds. The molecule has 4 nitrogen and oxygen atoms in total. The molecule has 2 unspecified atom stereocenters. The Bertz CT molecular complexity index is 479. The van der Waals surface area contributed by atoms with E-state index in [9.17, 15) is 4.79 Å². The van der Waals surface area contributed by atoms with Gasteiger partial charge < -0.3 is 15.8 Å². The fourth-order valence-corrected chi connectivity index (χ4v) is 2.75. The lowest BCUT2D eigenvalue weighted by atomic mass is 10.1. The van der Waals surface area contributed by atoms with Gasteiger partial charge in [-0.05, 0) is 49.8 Å². The van der Waals surface area contributed by atoms with E-state index in [1.54, 1.807) is 7.11 Å². The number of hydrogen-bond acceptors (Lipinski definition) is 3. The quantitative estimate of drug-likeness (QED) is 0.876. The first-order chi connectivity index (χ1) is 9.60. The first kappa shape index (κ1) is 17.8. The minimum Gasteiger partial charge on any atom is -0.496 e. The Morgan fingerprint density at radius 2 is 2.19 bits per heavy atom. The van der Waals surface area contributed by atoms with Crippen molar-refractivity contribution in [1.82, 2.24) is 5.32 Å². The lowest BCUT2D eigenvalue weighted by molar-refractivity contribution is -0.124. The summed E-state index contributed by atoms with van der Waals surface area (Å²) in [5.74, 6) is 1.16. The van der Waals surface area contributed by atoms with E-state index in [-0.39, 0.29) is 30.3 Å². The number of nitrogens with one attached hydrogen (secondary N) is 1. The first-order valence-electron chi connectivity index (χ1n) is 7.27. The Morgan fingerprint density at radius 1 is 1.43 bits per heavy atom. The number of rotatable bonds is 5. The minimum atomic E-state index is 0. The molecule has 1 fully saturated rings. The van der Waals surface area contributed by atoms with E-state index in [1.807, 2.05) is 19.1 Å². The van der Waals surface area contributed by atoms with Crippen molar-refractivity contribution < 1.29 is 9.53 Å². The molecule has 1 saturated carbocycles. The van der Waals surface area contributed by atoms with Crippen molar-refractivity contribution >= 4 is 18.3 Å². The van der Waals surface area contributed by atoms with Crippen LogP contribution in [0.5, 0.6) is 5.75 Å². The van der Waals surface area contributed by atoms with Gasteiger partial charge in [-0.25, -0.2) is 0 Å². The number of methoxy groups -OCH3 is 1. The second kappa shape index (κ2) is 8.25. The van der Waals surface area contributed by atoms with Crippen LogP contribution in [0, 0.1) is 12.8 Å². The average molecular weight is 313 g/mol. The summed E-state index contributed by atoms with van der Waals surface area (Å²) in [6.07, 6.45) is 3.53. The van der Waals surface area contributed by atoms with Gasteiger partial charge in [0.1, 0.15) is 5.75 Å². The molecule has 0 spiro atoms. The largest absolute Gasteiger partial charge is 0.496 e. The lowest BCUT2D eigenvalue weighted by Gasteiger charge is -2.11. The third-order valence-corrected chi connectivity index (χ3v) is 4.03. The molecule has 21 heavy (non-hydrogen) atoms. The molecule has 0 radical (unpaired) electrons. The van der Waals surface area contributed by atoms with Gasteiger partial charge in [0, 0.05) is 18.5 Å². The molecule has 1 aromatic rings. The van der Waals surface area contributed by atoms with E-state index in [0.717, 1.165) is 37.0 Å². The van der Waals surface area contributed by atoms with Gasteiger partial charge in [0.2, 0.25) is 5.91 Å². The lowest BCUT2D eigenvalue weighted by Crippen LogP contribution is -2.31. The van der Waals surface area contributed by atoms with Gasteiger partial charge in [-0.2, -0.15) is 0 Å². The molecule has 1 aliphatic carbocycles. The highest BCUT2D eigenvalue weighted by atomic mass is 35.5. The molecular formula is C16H25ClN2O2. The summed E-state index contributed by atoms with van der Waals surface area (Å²) in [5.41, 5.74) is 8.14. The Kier molecular flexibility index (Phi) is 6.99. The van der Waals surface area contributed by atoms with Crippen molar-refractivity contribution in [3.63, 3.8) is 0 Å². The van der Waals surface area contributed by atoms with Crippen LogP contribution < -0.4 is 15.8 Å². The zero-order valence-electron chi connectivity index (χ0n) is 12.7. The number of amides is 1. The maximum atomic E-state index is 12.0. The zero-order chi connectivity index (χ0) is 14.5. The monoisotopic (exact) mass is 312 g/mol. The molecule has 0 aromatic heterocycles. The zero-order valence-corrected chi connectivity index (χ0v) is 13.5. The smallest absolute Gasteiger partial charge is 0.223 e. The van der Waals surface area contributed by atoms with E-state index >= 15 is 0 Å². The van der Waals surface area contributed by atoms with Crippen LogP contribution in [0.3, 0.4) is 0 Å². The summed E-state index contributed by atoms with van der Waals surface area (Å²) in [5, 5.41) is 3.01. The van der Waals surface area contributed by atoms with Crippen LogP contribution in [-0.4, -0.2) is 25.6 Å². The van der Waals surface area contributed by atoms with Gasteiger partial charge in [0.05, 0.1) is 7.11 Å². The van der Waals surface area contributed by atoms with Gasteiger partial charge in [0.25, 0.3) is 0 Å². The number of halogens is 1. The number of benzene rings is 1. The maximum Gasteiger partial charge on any atom is 0.223 e. The molecular weight excluding hydrogens is 288 g/mol. The Labute approximate surface area is 132 Å². The van der Waals surface area contributed by atoms with Gasteiger partial charge in [0.15, 0.2) is 0 Å².